The molecule has 0 saturated carbocycles. The average Bonchev–Trinajstić information content (AvgIpc) is 2.75. The molecule has 1 fully saturated rings. The van der Waals surface area contributed by atoms with Crippen LogP contribution >= 0.6 is 11.6 Å². The lowest BCUT2D eigenvalue weighted by Crippen LogP contribution is -2.53. The van der Waals surface area contributed by atoms with Crippen LogP contribution in [0.3, 0.4) is 0 Å². The molecular weight excluding hydrogens is 481 g/mol. The molecule has 184 valence electrons. The number of sulfonamides is 1. The number of hydrogen-bond acceptors (Lipinski definition) is 5. The van der Waals surface area contributed by atoms with E-state index in [1.807, 2.05) is 13.8 Å². The molecule has 2 aromatic carbocycles. The van der Waals surface area contributed by atoms with Crippen LogP contribution in [0.5, 0.6) is 5.75 Å². The highest BCUT2D eigenvalue weighted by Gasteiger charge is 2.26. The molecule has 34 heavy (non-hydrogen) atoms. The zero-order chi connectivity index (χ0) is 24.9. The Bertz CT molecular complexity index is 1160. The summed E-state index contributed by atoms with van der Waals surface area (Å²) >= 11 is 6.21. The van der Waals surface area contributed by atoms with E-state index in [4.69, 9.17) is 16.3 Å². The minimum absolute atomic E-state index is 0.0239. The van der Waals surface area contributed by atoms with Gasteiger partial charge in [0.2, 0.25) is 15.9 Å². The Morgan fingerprint density at radius 3 is 2.59 bits per heavy atom. The van der Waals surface area contributed by atoms with Crippen molar-refractivity contribution in [2.24, 2.45) is 0 Å². The molecule has 1 aliphatic rings. The molecule has 1 unspecified atom stereocenters. The van der Waals surface area contributed by atoms with E-state index in [9.17, 15) is 17.6 Å². The molecule has 1 saturated heterocycles. The first-order valence-corrected chi connectivity index (χ1v) is 13.2. The van der Waals surface area contributed by atoms with E-state index in [-0.39, 0.29) is 28.5 Å². The summed E-state index contributed by atoms with van der Waals surface area (Å²) in [5, 5.41) is 0.266. The molecule has 1 N–H and O–H groups in total. The third kappa shape index (κ3) is 7.19. The van der Waals surface area contributed by atoms with Gasteiger partial charge in [-0.25, -0.2) is 12.8 Å². The molecule has 1 amide bonds. The first-order valence-electron chi connectivity index (χ1n) is 11.0. The van der Waals surface area contributed by atoms with Crippen LogP contribution in [0.1, 0.15) is 25.0 Å². The minimum Gasteiger partial charge on any atom is -0.492 e. The lowest BCUT2D eigenvalue weighted by Gasteiger charge is -2.39. The van der Waals surface area contributed by atoms with E-state index in [0.717, 1.165) is 11.8 Å². The Kier molecular flexibility index (Phi) is 8.57. The average molecular weight is 510 g/mol. The molecule has 0 bridgehead atoms. The van der Waals surface area contributed by atoms with Gasteiger partial charge in [0, 0.05) is 43.9 Å². The predicted octanol–water partition coefficient (Wildman–Crippen LogP) is 4.00. The van der Waals surface area contributed by atoms with E-state index < -0.39 is 10.0 Å². The largest absolute Gasteiger partial charge is 0.492 e. The Labute approximate surface area is 205 Å². The van der Waals surface area contributed by atoms with Crippen molar-refractivity contribution in [2.75, 3.05) is 37.2 Å². The molecule has 3 rings (SSSR count). The molecule has 0 aliphatic carbocycles. The van der Waals surface area contributed by atoms with Gasteiger partial charge < -0.3 is 9.64 Å². The van der Waals surface area contributed by atoms with Crippen molar-refractivity contribution >= 4 is 39.3 Å². The summed E-state index contributed by atoms with van der Waals surface area (Å²) in [6, 6.07) is 9.48. The fourth-order valence-electron chi connectivity index (χ4n) is 3.87. The molecule has 1 atom stereocenters. The molecule has 10 heteroatoms. The number of ether oxygens (including phenoxy) is 1. The van der Waals surface area contributed by atoms with Crippen molar-refractivity contribution in [3.05, 3.63) is 64.4 Å². The second kappa shape index (κ2) is 11.2. The number of carbonyl (C=O) groups excluding carboxylic acids is 1. The number of carbonyl (C=O) groups is 1. The SMILES string of the molecule is CCOc1cc(C=CC(=O)N2CCN(Cc3ccc(F)cc3)CC2C)c(NS(C)(=O)=O)cc1Cl. The van der Waals surface area contributed by atoms with Crippen molar-refractivity contribution in [2.45, 2.75) is 26.4 Å². The number of benzene rings is 2. The van der Waals surface area contributed by atoms with Crippen molar-refractivity contribution in [3.8, 4) is 5.75 Å². The van der Waals surface area contributed by atoms with E-state index >= 15 is 0 Å². The molecule has 1 heterocycles. The number of hydrogen-bond donors (Lipinski definition) is 1. The number of piperazine rings is 1. The summed E-state index contributed by atoms with van der Waals surface area (Å²) in [7, 11) is -3.55. The van der Waals surface area contributed by atoms with Crippen LogP contribution in [0, 0.1) is 5.82 Å². The van der Waals surface area contributed by atoms with Crippen LogP contribution in [-0.4, -0.2) is 62.7 Å². The standard InChI is InChI=1S/C24H29ClFN3O4S/c1-4-33-23-13-19(22(14-21(23)25)27-34(3,31)32)7-10-24(30)29-12-11-28(15-17(29)2)16-18-5-8-20(26)9-6-18/h5-10,13-14,17,27H,4,11-12,15-16H2,1-3H3. The van der Waals surface area contributed by atoms with Gasteiger partial charge in [0.25, 0.3) is 0 Å². The highest BCUT2D eigenvalue weighted by molar-refractivity contribution is 7.92. The maximum atomic E-state index is 13.1. The van der Waals surface area contributed by atoms with Crippen molar-refractivity contribution in [1.82, 2.24) is 9.80 Å². The van der Waals surface area contributed by atoms with Crippen LogP contribution < -0.4 is 9.46 Å². The molecule has 0 spiro atoms. The minimum atomic E-state index is -3.55. The molecule has 0 aromatic heterocycles. The quantitative estimate of drug-likeness (QED) is 0.544. The zero-order valence-electron chi connectivity index (χ0n) is 19.4. The first-order chi connectivity index (χ1) is 16.1. The van der Waals surface area contributed by atoms with Crippen LogP contribution in [0.2, 0.25) is 5.02 Å². The number of nitrogens with zero attached hydrogens (tertiary/aromatic N) is 2. The number of amides is 1. The predicted molar refractivity (Wildman–Crippen MR) is 133 cm³/mol. The summed E-state index contributed by atoms with van der Waals surface area (Å²) in [6.45, 7) is 6.80. The molecule has 2 aromatic rings. The molecular formula is C24H29ClFN3O4S. The van der Waals surface area contributed by atoms with Gasteiger partial charge in [-0.05, 0) is 49.8 Å². The van der Waals surface area contributed by atoms with Crippen molar-refractivity contribution in [3.63, 3.8) is 0 Å². The van der Waals surface area contributed by atoms with E-state index in [1.165, 1.54) is 24.3 Å². The van der Waals surface area contributed by atoms with Gasteiger partial charge in [-0.15, -0.1) is 0 Å². The molecule has 1 aliphatic heterocycles. The van der Waals surface area contributed by atoms with E-state index in [1.54, 1.807) is 29.2 Å². The summed E-state index contributed by atoms with van der Waals surface area (Å²) in [5.74, 6) is -0.0338. The molecule has 7 nitrogen and oxygen atoms in total. The normalized spacial score (nSPS) is 17.2. The van der Waals surface area contributed by atoms with Gasteiger partial charge in [-0.2, -0.15) is 0 Å². The first kappa shape index (κ1) is 26.0. The summed E-state index contributed by atoms with van der Waals surface area (Å²) in [5.41, 5.74) is 1.75. The van der Waals surface area contributed by atoms with E-state index in [0.29, 0.717) is 44.1 Å². The van der Waals surface area contributed by atoms with E-state index in [2.05, 4.69) is 9.62 Å². The highest BCUT2D eigenvalue weighted by atomic mass is 35.5. The van der Waals surface area contributed by atoms with Crippen LogP contribution in [0.15, 0.2) is 42.5 Å². The number of anilines is 1. The lowest BCUT2D eigenvalue weighted by molar-refractivity contribution is -0.130. The summed E-state index contributed by atoms with van der Waals surface area (Å²) in [6.07, 6.45) is 4.04. The van der Waals surface area contributed by atoms with Gasteiger partial charge in [0.1, 0.15) is 11.6 Å². The monoisotopic (exact) mass is 509 g/mol. The second-order valence-corrected chi connectivity index (χ2v) is 10.4. The fraction of sp³-hybridized carbons (Fsp3) is 0.375. The van der Waals surface area contributed by atoms with Crippen molar-refractivity contribution < 1.29 is 22.3 Å². The Balaban J connectivity index is 1.71. The van der Waals surface area contributed by atoms with Gasteiger partial charge in [-0.1, -0.05) is 23.7 Å². The number of nitrogens with one attached hydrogen (secondary N) is 1. The maximum absolute atomic E-state index is 13.1. The summed E-state index contributed by atoms with van der Waals surface area (Å²) in [4.78, 5) is 16.9. The van der Waals surface area contributed by atoms with Crippen LogP contribution in [0.4, 0.5) is 10.1 Å². The maximum Gasteiger partial charge on any atom is 0.246 e. The Hall–Kier alpha value is -2.62. The third-order valence-corrected chi connectivity index (χ3v) is 6.30. The highest BCUT2D eigenvalue weighted by Crippen LogP contribution is 2.32. The lowest BCUT2D eigenvalue weighted by atomic mass is 10.1. The van der Waals surface area contributed by atoms with Gasteiger partial charge >= 0.3 is 0 Å². The smallest absolute Gasteiger partial charge is 0.246 e. The van der Waals surface area contributed by atoms with Gasteiger partial charge in [-0.3, -0.25) is 14.4 Å². The zero-order valence-corrected chi connectivity index (χ0v) is 21.0. The third-order valence-electron chi connectivity index (χ3n) is 5.42. The van der Waals surface area contributed by atoms with Crippen LogP contribution in [-0.2, 0) is 21.4 Å². The number of rotatable bonds is 8. The topological polar surface area (TPSA) is 79.0 Å². The fourth-order valence-corrected chi connectivity index (χ4v) is 4.66. The van der Waals surface area contributed by atoms with Crippen molar-refractivity contribution in [1.29, 1.82) is 0 Å². The second-order valence-electron chi connectivity index (χ2n) is 8.25. The Morgan fingerprint density at radius 2 is 1.97 bits per heavy atom. The number of halogens is 2. The molecule has 0 radical (unpaired) electrons. The van der Waals surface area contributed by atoms with Gasteiger partial charge in [0.15, 0.2) is 0 Å². The summed E-state index contributed by atoms with van der Waals surface area (Å²) < 4.78 is 44.6. The van der Waals surface area contributed by atoms with Gasteiger partial charge in [0.05, 0.1) is 23.6 Å². The van der Waals surface area contributed by atoms with Crippen LogP contribution in [0.25, 0.3) is 6.08 Å². The Morgan fingerprint density at radius 1 is 1.26 bits per heavy atom.